The van der Waals surface area contributed by atoms with E-state index in [0.29, 0.717) is 6.42 Å². The largest absolute Gasteiger partial charge is 0.480 e. The van der Waals surface area contributed by atoms with Crippen molar-refractivity contribution in [2.75, 3.05) is 0 Å². The molecule has 6 heteroatoms. The van der Waals surface area contributed by atoms with Crippen LogP contribution in [0.5, 0.6) is 0 Å². The van der Waals surface area contributed by atoms with Crippen molar-refractivity contribution in [2.24, 2.45) is 0 Å². The normalized spacial score (nSPS) is 26.3. The molecule has 0 spiro atoms. The Bertz CT molecular complexity index is 372. The first-order chi connectivity index (χ1) is 8.49. The Kier molecular flexibility index (Phi) is 4.14. The molecule has 0 radical (unpaired) electrons. The number of nitrogens with zero attached hydrogens (tertiary/aromatic N) is 1. The molecule has 0 saturated carbocycles. The van der Waals surface area contributed by atoms with Gasteiger partial charge in [0, 0.05) is 0 Å². The van der Waals surface area contributed by atoms with Crippen LogP contribution in [-0.2, 0) is 14.3 Å². The molecule has 110 valence electrons. The summed E-state index contributed by atoms with van der Waals surface area (Å²) < 4.78 is 10.9. The molecule has 1 fully saturated rings. The summed E-state index contributed by atoms with van der Waals surface area (Å²) in [5.74, 6) is -1.08. The van der Waals surface area contributed by atoms with Gasteiger partial charge in [-0.2, -0.15) is 0 Å². The molecule has 1 heterocycles. The summed E-state index contributed by atoms with van der Waals surface area (Å²) >= 11 is 0. The van der Waals surface area contributed by atoms with Crippen LogP contribution in [0.2, 0.25) is 0 Å². The van der Waals surface area contributed by atoms with Crippen LogP contribution in [0.3, 0.4) is 0 Å². The quantitative estimate of drug-likeness (QED) is 0.834. The second-order valence-corrected chi connectivity index (χ2v) is 6.14. The number of carbonyl (C=O) groups excluding carboxylic acids is 1. The monoisotopic (exact) mass is 273 g/mol. The van der Waals surface area contributed by atoms with Crippen LogP contribution < -0.4 is 0 Å². The maximum Gasteiger partial charge on any atom is 0.413 e. The highest BCUT2D eigenvalue weighted by atomic mass is 16.6. The summed E-state index contributed by atoms with van der Waals surface area (Å²) in [5.41, 5.74) is -1.67. The molecule has 6 nitrogen and oxygen atoms in total. The van der Waals surface area contributed by atoms with Crippen molar-refractivity contribution >= 4 is 12.1 Å². The van der Waals surface area contributed by atoms with Crippen molar-refractivity contribution in [3.63, 3.8) is 0 Å². The number of aliphatic carboxylic acids is 1. The van der Waals surface area contributed by atoms with E-state index in [0.717, 1.165) is 0 Å². The van der Waals surface area contributed by atoms with Gasteiger partial charge in [-0.25, -0.2) is 9.59 Å². The average Bonchev–Trinajstić information content (AvgIpc) is 2.46. The van der Waals surface area contributed by atoms with Gasteiger partial charge in [-0.15, -0.1) is 0 Å². The van der Waals surface area contributed by atoms with Gasteiger partial charge in [0.1, 0.15) is 11.3 Å². The molecule has 0 aromatic rings. The lowest BCUT2D eigenvalue weighted by atomic mass is 10.1. The van der Waals surface area contributed by atoms with E-state index in [2.05, 4.69) is 0 Å². The van der Waals surface area contributed by atoms with Crippen molar-refractivity contribution in [2.45, 2.75) is 71.4 Å². The topological polar surface area (TPSA) is 76.1 Å². The van der Waals surface area contributed by atoms with Crippen LogP contribution in [0, 0.1) is 0 Å². The van der Waals surface area contributed by atoms with Gasteiger partial charge in [-0.3, -0.25) is 4.90 Å². The Balaban J connectivity index is 3.05. The fraction of sp³-hybridized carbons (Fsp3) is 0.846. The van der Waals surface area contributed by atoms with Crippen LogP contribution in [-0.4, -0.2) is 45.5 Å². The second kappa shape index (κ2) is 5.00. The summed E-state index contributed by atoms with van der Waals surface area (Å²) in [5, 5.41) is 9.34. The molecule has 1 saturated heterocycles. The molecule has 0 aromatic heterocycles. The lowest BCUT2D eigenvalue weighted by molar-refractivity contribution is -0.143. The highest BCUT2D eigenvalue weighted by molar-refractivity contribution is 5.82. The van der Waals surface area contributed by atoms with Crippen molar-refractivity contribution in [1.82, 2.24) is 4.90 Å². The van der Waals surface area contributed by atoms with E-state index in [1.807, 2.05) is 6.92 Å². The SMILES string of the molecule is CC[C@H]1OC(C)(C)N(C(=O)OC(C)(C)C)[C@@H]1C(=O)O. The molecule has 1 aliphatic rings. The van der Waals surface area contributed by atoms with E-state index in [1.54, 1.807) is 34.6 Å². The Hall–Kier alpha value is -1.30. The van der Waals surface area contributed by atoms with Crippen molar-refractivity contribution in [3.8, 4) is 0 Å². The molecular formula is C13H23NO5. The lowest BCUT2D eigenvalue weighted by Crippen LogP contribution is -2.53. The van der Waals surface area contributed by atoms with E-state index in [-0.39, 0.29) is 0 Å². The summed E-state index contributed by atoms with van der Waals surface area (Å²) in [6.45, 7) is 10.4. The summed E-state index contributed by atoms with van der Waals surface area (Å²) in [6.07, 6.45) is -0.680. The Labute approximate surface area is 113 Å². The third kappa shape index (κ3) is 3.37. The number of hydrogen-bond acceptors (Lipinski definition) is 4. The van der Waals surface area contributed by atoms with Crippen molar-refractivity contribution in [3.05, 3.63) is 0 Å². The minimum atomic E-state index is -1.08. The number of carboxylic acids is 1. The minimum Gasteiger partial charge on any atom is -0.480 e. The number of hydrogen-bond donors (Lipinski definition) is 1. The van der Waals surface area contributed by atoms with E-state index in [9.17, 15) is 14.7 Å². The van der Waals surface area contributed by atoms with Gasteiger partial charge in [0.2, 0.25) is 0 Å². The molecule has 1 N–H and O–H groups in total. The molecule has 1 rings (SSSR count). The molecule has 19 heavy (non-hydrogen) atoms. The number of carboxylic acid groups (broad SMARTS) is 1. The van der Waals surface area contributed by atoms with Gasteiger partial charge < -0.3 is 14.6 Å². The summed E-state index contributed by atoms with van der Waals surface area (Å²) in [7, 11) is 0. The van der Waals surface area contributed by atoms with Crippen LogP contribution in [0.4, 0.5) is 4.79 Å². The number of carbonyl (C=O) groups is 2. The molecular weight excluding hydrogens is 250 g/mol. The second-order valence-electron chi connectivity index (χ2n) is 6.14. The maximum atomic E-state index is 12.2. The Morgan fingerprint density at radius 1 is 1.37 bits per heavy atom. The molecule has 2 atom stereocenters. The third-order valence-electron chi connectivity index (χ3n) is 2.90. The molecule has 1 aliphatic heterocycles. The molecule has 0 unspecified atom stereocenters. The van der Waals surface area contributed by atoms with E-state index < -0.39 is 35.5 Å². The Morgan fingerprint density at radius 3 is 2.26 bits per heavy atom. The van der Waals surface area contributed by atoms with E-state index in [1.165, 1.54) is 4.90 Å². The summed E-state index contributed by atoms with van der Waals surface area (Å²) in [4.78, 5) is 24.8. The zero-order chi connectivity index (χ0) is 15.0. The first kappa shape index (κ1) is 15.8. The van der Waals surface area contributed by atoms with Crippen LogP contribution >= 0.6 is 0 Å². The zero-order valence-electron chi connectivity index (χ0n) is 12.4. The first-order valence-electron chi connectivity index (χ1n) is 6.42. The maximum absolute atomic E-state index is 12.2. The van der Waals surface area contributed by atoms with Crippen molar-refractivity contribution in [1.29, 1.82) is 0 Å². The van der Waals surface area contributed by atoms with Gasteiger partial charge in [0.25, 0.3) is 0 Å². The van der Waals surface area contributed by atoms with Gasteiger partial charge in [0.15, 0.2) is 6.04 Å². The molecule has 0 aliphatic carbocycles. The molecule has 0 bridgehead atoms. The van der Waals surface area contributed by atoms with E-state index in [4.69, 9.17) is 9.47 Å². The predicted octanol–water partition coefficient (Wildman–Crippen LogP) is 2.22. The highest BCUT2D eigenvalue weighted by Crippen LogP contribution is 2.35. The number of amides is 1. The predicted molar refractivity (Wildman–Crippen MR) is 68.7 cm³/mol. The fourth-order valence-corrected chi connectivity index (χ4v) is 2.21. The van der Waals surface area contributed by atoms with E-state index >= 15 is 0 Å². The first-order valence-corrected chi connectivity index (χ1v) is 6.42. The molecule has 1 amide bonds. The number of rotatable bonds is 2. The highest BCUT2D eigenvalue weighted by Gasteiger charge is 2.53. The van der Waals surface area contributed by atoms with Crippen LogP contribution in [0.25, 0.3) is 0 Å². The number of ether oxygens (including phenoxy) is 2. The third-order valence-corrected chi connectivity index (χ3v) is 2.90. The fourth-order valence-electron chi connectivity index (χ4n) is 2.21. The minimum absolute atomic E-state index is 0.514. The Morgan fingerprint density at radius 2 is 1.89 bits per heavy atom. The molecule has 0 aromatic carbocycles. The standard InChI is InChI=1S/C13H23NO5/c1-7-8-9(10(15)16)14(13(5,6)18-8)11(17)19-12(2,3)4/h8-9H,7H2,1-6H3,(H,15,16)/t8-,9+/m1/s1. The van der Waals surface area contributed by atoms with Crippen molar-refractivity contribution < 1.29 is 24.2 Å². The van der Waals surface area contributed by atoms with Gasteiger partial charge in [-0.05, 0) is 41.0 Å². The van der Waals surface area contributed by atoms with Crippen LogP contribution in [0.1, 0.15) is 48.0 Å². The average molecular weight is 273 g/mol. The van der Waals surface area contributed by atoms with Gasteiger partial charge in [0.05, 0.1) is 6.10 Å². The lowest BCUT2D eigenvalue weighted by Gasteiger charge is -2.33. The van der Waals surface area contributed by atoms with Crippen LogP contribution in [0.15, 0.2) is 0 Å². The van der Waals surface area contributed by atoms with Gasteiger partial charge in [-0.1, -0.05) is 6.92 Å². The summed E-state index contributed by atoms with van der Waals surface area (Å²) in [6, 6.07) is -1.02. The van der Waals surface area contributed by atoms with Gasteiger partial charge >= 0.3 is 12.1 Å². The smallest absolute Gasteiger partial charge is 0.413 e. The zero-order valence-corrected chi connectivity index (χ0v) is 12.4.